The highest BCUT2D eigenvalue weighted by Gasteiger charge is 2.35. The summed E-state index contributed by atoms with van der Waals surface area (Å²) in [6, 6.07) is 0.319. The Morgan fingerprint density at radius 1 is 1.21 bits per heavy atom. The van der Waals surface area contributed by atoms with E-state index in [1.165, 1.54) is 25.7 Å². The number of ether oxygens (including phenoxy) is 1. The molecule has 0 unspecified atom stereocenters. The zero-order valence-electron chi connectivity index (χ0n) is 12.6. The molecule has 2 fully saturated rings. The number of fused-ring (bicyclic) bond motifs is 1. The van der Waals surface area contributed by atoms with Gasteiger partial charge in [-0.15, -0.1) is 0 Å². The van der Waals surface area contributed by atoms with Crippen molar-refractivity contribution in [3.63, 3.8) is 0 Å². The molecule has 2 rings (SSSR count). The first-order valence-electron chi connectivity index (χ1n) is 7.68. The van der Waals surface area contributed by atoms with E-state index >= 15 is 0 Å². The van der Waals surface area contributed by atoms with E-state index in [2.05, 4.69) is 5.32 Å². The molecule has 4 nitrogen and oxygen atoms in total. The largest absolute Gasteiger partial charge is 0.444 e. The molecule has 0 aromatic heterocycles. The average Bonchev–Trinajstić information content (AvgIpc) is 2.60. The zero-order chi connectivity index (χ0) is 13.9. The lowest BCUT2D eigenvalue weighted by molar-refractivity contribution is 0.0121. The van der Waals surface area contributed by atoms with Crippen molar-refractivity contribution in [1.29, 1.82) is 0 Å². The third kappa shape index (κ3) is 4.10. The Balaban J connectivity index is 2.09. The van der Waals surface area contributed by atoms with E-state index in [9.17, 15) is 4.79 Å². The third-order valence-corrected chi connectivity index (χ3v) is 4.08. The van der Waals surface area contributed by atoms with Crippen molar-refractivity contribution in [2.45, 2.75) is 64.5 Å². The van der Waals surface area contributed by atoms with Gasteiger partial charge in [-0.05, 0) is 58.9 Å². The molecular formula is C15H28N2O2. The summed E-state index contributed by atoms with van der Waals surface area (Å²) in [5.74, 6) is 0.644. The number of rotatable bonds is 0. The third-order valence-electron chi connectivity index (χ3n) is 4.08. The van der Waals surface area contributed by atoms with E-state index in [1.807, 2.05) is 25.7 Å². The minimum absolute atomic E-state index is 0.131. The molecule has 0 bridgehead atoms. The Hall–Kier alpha value is -0.770. The van der Waals surface area contributed by atoms with Crippen LogP contribution >= 0.6 is 0 Å². The molecule has 0 spiro atoms. The van der Waals surface area contributed by atoms with Crippen molar-refractivity contribution >= 4 is 6.09 Å². The summed E-state index contributed by atoms with van der Waals surface area (Å²) in [6.45, 7) is 8.65. The fourth-order valence-corrected chi connectivity index (χ4v) is 3.20. The van der Waals surface area contributed by atoms with Gasteiger partial charge >= 0.3 is 6.09 Å². The van der Waals surface area contributed by atoms with Crippen LogP contribution in [0.15, 0.2) is 0 Å². The highest BCUT2D eigenvalue weighted by atomic mass is 16.6. The van der Waals surface area contributed by atoms with E-state index in [0.717, 1.165) is 26.1 Å². The van der Waals surface area contributed by atoms with Gasteiger partial charge in [-0.2, -0.15) is 0 Å². The maximum atomic E-state index is 12.4. The summed E-state index contributed by atoms with van der Waals surface area (Å²) in [7, 11) is 0. The van der Waals surface area contributed by atoms with Crippen LogP contribution in [0.25, 0.3) is 0 Å². The average molecular weight is 268 g/mol. The first-order chi connectivity index (χ1) is 8.97. The molecule has 0 aliphatic carbocycles. The van der Waals surface area contributed by atoms with Crippen LogP contribution in [-0.2, 0) is 4.74 Å². The molecule has 19 heavy (non-hydrogen) atoms. The van der Waals surface area contributed by atoms with Crippen molar-refractivity contribution in [3.05, 3.63) is 0 Å². The summed E-state index contributed by atoms with van der Waals surface area (Å²) in [5, 5.41) is 3.47. The summed E-state index contributed by atoms with van der Waals surface area (Å²) in [5.41, 5.74) is -0.406. The van der Waals surface area contributed by atoms with Crippen LogP contribution in [0.3, 0.4) is 0 Å². The summed E-state index contributed by atoms with van der Waals surface area (Å²) in [4.78, 5) is 14.4. The molecule has 2 saturated heterocycles. The fraction of sp³-hybridized carbons (Fsp3) is 0.933. The van der Waals surface area contributed by atoms with Crippen molar-refractivity contribution in [2.75, 3.05) is 19.6 Å². The SMILES string of the molecule is CC(C)(C)OC(=O)N1CCCC[C@@H]2CCCNC[C@H]21. The van der Waals surface area contributed by atoms with Gasteiger partial charge in [-0.1, -0.05) is 6.42 Å². The Bertz CT molecular complexity index is 310. The van der Waals surface area contributed by atoms with Crippen LogP contribution in [-0.4, -0.2) is 42.3 Å². The van der Waals surface area contributed by atoms with Crippen molar-refractivity contribution < 1.29 is 9.53 Å². The molecule has 0 saturated carbocycles. The summed E-state index contributed by atoms with van der Waals surface area (Å²) in [6.07, 6.45) is 5.92. The molecule has 1 amide bonds. The second-order valence-electron chi connectivity index (χ2n) is 6.84. The maximum absolute atomic E-state index is 12.4. The van der Waals surface area contributed by atoms with Crippen molar-refractivity contribution in [2.24, 2.45) is 5.92 Å². The van der Waals surface area contributed by atoms with E-state index in [-0.39, 0.29) is 6.09 Å². The molecule has 2 aliphatic heterocycles. The summed E-state index contributed by atoms with van der Waals surface area (Å²) >= 11 is 0. The number of carbonyl (C=O) groups excluding carboxylic acids is 1. The Morgan fingerprint density at radius 2 is 1.95 bits per heavy atom. The number of amides is 1. The number of nitrogens with zero attached hydrogens (tertiary/aromatic N) is 1. The lowest BCUT2D eigenvalue weighted by Crippen LogP contribution is -2.49. The maximum Gasteiger partial charge on any atom is 0.410 e. The molecule has 4 heteroatoms. The van der Waals surface area contributed by atoms with E-state index in [0.29, 0.717) is 12.0 Å². The van der Waals surface area contributed by atoms with Crippen molar-refractivity contribution in [3.8, 4) is 0 Å². The molecule has 2 aliphatic rings. The van der Waals surface area contributed by atoms with Crippen LogP contribution in [0, 0.1) is 5.92 Å². The molecule has 2 heterocycles. The van der Waals surface area contributed by atoms with E-state index in [1.54, 1.807) is 0 Å². The monoisotopic (exact) mass is 268 g/mol. The van der Waals surface area contributed by atoms with Gasteiger partial charge in [-0.25, -0.2) is 4.79 Å². The molecule has 0 aromatic carbocycles. The second-order valence-corrected chi connectivity index (χ2v) is 6.84. The normalized spacial score (nSPS) is 29.1. The predicted octanol–water partition coefficient (Wildman–Crippen LogP) is 2.78. The summed E-state index contributed by atoms with van der Waals surface area (Å²) < 4.78 is 5.58. The molecular weight excluding hydrogens is 240 g/mol. The lowest BCUT2D eigenvalue weighted by atomic mass is 9.91. The van der Waals surface area contributed by atoms with Gasteiger partial charge in [0.25, 0.3) is 0 Å². The number of hydrogen-bond donors (Lipinski definition) is 1. The van der Waals surface area contributed by atoms with E-state index in [4.69, 9.17) is 4.74 Å². The van der Waals surface area contributed by atoms with Crippen LogP contribution < -0.4 is 5.32 Å². The van der Waals surface area contributed by atoms with Gasteiger partial charge in [0.1, 0.15) is 5.60 Å². The Morgan fingerprint density at radius 3 is 2.68 bits per heavy atom. The van der Waals surface area contributed by atoms with Crippen LogP contribution in [0.1, 0.15) is 52.9 Å². The van der Waals surface area contributed by atoms with Crippen LogP contribution in [0.2, 0.25) is 0 Å². The van der Waals surface area contributed by atoms with Gasteiger partial charge in [0, 0.05) is 13.1 Å². The topological polar surface area (TPSA) is 41.6 Å². The molecule has 2 atom stereocenters. The van der Waals surface area contributed by atoms with Crippen molar-refractivity contribution in [1.82, 2.24) is 10.2 Å². The molecule has 0 radical (unpaired) electrons. The first kappa shape index (κ1) is 14.6. The number of carbonyl (C=O) groups is 1. The Labute approximate surface area is 116 Å². The lowest BCUT2D eigenvalue weighted by Gasteiger charge is -2.35. The highest BCUT2D eigenvalue weighted by Crippen LogP contribution is 2.29. The molecule has 0 aromatic rings. The number of likely N-dealkylation sites (tertiary alicyclic amines) is 1. The minimum Gasteiger partial charge on any atom is -0.444 e. The molecule has 1 N–H and O–H groups in total. The van der Waals surface area contributed by atoms with Crippen LogP contribution in [0.4, 0.5) is 4.79 Å². The van der Waals surface area contributed by atoms with Gasteiger partial charge in [0.05, 0.1) is 6.04 Å². The van der Waals surface area contributed by atoms with Crippen LogP contribution in [0.5, 0.6) is 0 Å². The second kappa shape index (κ2) is 6.12. The van der Waals surface area contributed by atoms with Gasteiger partial charge in [-0.3, -0.25) is 0 Å². The zero-order valence-corrected chi connectivity index (χ0v) is 12.6. The van der Waals surface area contributed by atoms with Gasteiger partial charge < -0.3 is 15.0 Å². The van der Waals surface area contributed by atoms with E-state index < -0.39 is 5.60 Å². The fourth-order valence-electron chi connectivity index (χ4n) is 3.20. The molecule has 110 valence electrons. The minimum atomic E-state index is -0.406. The first-order valence-corrected chi connectivity index (χ1v) is 7.68. The predicted molar refractivity (Wildman–Crippen MR) is 76.2 cm³/mol. The smallest absolute Gasteiger partial charge is 0.410 e. The quantitative estimate of drug-likeness (QED) is 0.734. The standard InChI is InChI=1S/C15H28N2O2/c1-15(2,3)19-14(18)17-10-5-4-7-12-8-6-9-16-11-13(12)17/h12-13,16H,4-11H2,1-3H3/t12-,13-/m1/s1. The highest BCUT2D eigenvalue weighted by molar-refractivity contribution is 5.68. The van der Waals surface area contributed by atoms with Gasteiger partial charge in [0.2, 0.25) is 0 Å². The Kier molecular flexibility index (Phi) is 4.71. The van der Waals surface area contributed by atoms with Gasteiger partial charge in [0.15, 0.2) is 0 Å². The number of hydrogen-bond acceptors (Lipinski definition) is 3. The number of nitrogens with one attached hydrogen (secondary N) is 1.